The zero-order valence-electron chi connectivity index (χ0n) is 12.8. The van der Waals surface area contributed by atoms with Crippen molar-refractivity contribution in [3.8, 4) is 0 Å². The zero-order chi connectivity index (χ0) is 15.2. The maximum Gasteiger partial charge on any atom is 0.224 e. The topological polar surface area (TPSA) is 54.3 Å². The molecule has 1 amide bonds. The number of carbonyl (C=O) groups excluding carboxylic acids is 1. The van der Waals surface area contributed by atoms with E-state index in [4.69, 9.17) is 0 Å². The molecular weight excluding hydrogens is 264 g/mol. The van der Waals surface area contributed by atoms with Gasteiger partial charge in [0.2, 0.25) is 5.91 Å². The maximum absolute atomic E-state index is 12.0. The van der Waals surface area contributed by atoms with Gasteiger partial charge in [-0.2, -0.15) is 0 Å². The Kier molecular flexibility index (Phi) is 5.39. The van der Waals surface area contributed by atoms with Crippen molar-refractivity contribution in [2.75, 3.05) is 6.54 Å². The van der Waals surface area contributed by atoms with Gasteiger partial charge in [0, 0.05) is 30.2 Å². The first-order chi connectivity index (χ1) is 10.2. The van der Waals surface area contributed by atoms with Gasteiger partial charge in [-0.05, 0) is 31.4 Å². The molecule has 21 heavy (non-hydrogen) atoms. The van der Waals surface area contributed by atoms with Crippen LogP contribution in [-0.4, -0.2) is 28.2 Å². The van der Waals surface area contributed by atoms with Crippen LogP contribution in [0, 0.1) is 0 Å². The van der Waals surface area contributed by atoms with Gasteiger partial charge in [0.1, 0.15) is 0 Å². The van der Waals surface area contributed by atoms with Crippen molar-refractivity contribution in [2.45, 2.75) is 45.8 Å². The standard InChI is InChI=1S/C17H24N2O2/c1-3-14(20)9-10-18-17(21)11-13-12-19(4-2)16-8-6-5-7-15(13)16/h5-8,12,14,20H,3-4,9-11H2,1-2H3,(H,18,21). The van der Waals surface area contributed by atoms with Gasteiger partial charge in [0.15, 0.2) is 0 Å². The number of hydrogen-bond donors (Lipinski definition) is 2. The molecule has 114 valence electrons. The molecule has 0 saturated heterocycles. The van der Waals surface area contributed by atoms with Crippen LogP contribution in [0.2, 0.25) is 0 Å². The lowest BCUT2D eigenvalue weighted by molar-refractivity contribution is -0.120. The Bertz CT molecular complexity index is 604. The molecule has 0 aliphatic rings. The number of amides is 1. The average molecular weight is 288 g/mol. The highest BCUT2D eigenvalue weighted by molar-refractivity contribution is 5.89. The molecule has 0 saturated carbocycles. The molecule has 4 heteroatoms. The number of carbonyl (C=O) groups is 1. The minimum absolute atomic E-state index is 0.0114. The number of aliphatic hydroxyl groups is 1. The summed E-state index contributed by atoms with van der Waals surface area (Å²) in [4.78, 5) is 12.0. The smallest absolute Gasteiger partial charge is 0.224 e. The second kappa shape index (κ2) is 7.27. The van der Waals surface area contributed by atoms with Crippen LogP contribution < -0.4 is 5.32 Å². The Balaban J connectivity index is 2.01. The summed E-state index contributed by atoms with van der Waals surface area (Å²) in [6.07, 6.45) is 3.45. The average Bonchev–Trinajstić information content (AvgIpc) is 2.85. The van der Waals surface area contributed by atoms with Crippen molar-refractivity contribution in [3.05, 3.63) is 36.0 Å². The van der Waals surface area contributed by atoms with Gasteiger partial charge < -0.3 is 15.0 Å². The quantitative estimate of drug-likeness (QED) is 0.822. The number of nitrogens with zero attached hydrogens (tertiary/aromatic N) is 1. The molecule has 0 radical (unpaired) electrons. The molecule has 1 aromatic carbocycles. The maximum atomic E-state index is 12.0. The predicted molar refractivity (Wildman–Crippen MR) is 85.2 cm³/mol. The fraction of sp³-hybridized carbons (Fsp3) is 0.471. The highest BCUT2D eigenvalue weighted by atomic mass is 16.3. The molecule has 2 rings (SSSR count). The fourth-order valence-corrected chi connectivity index (χ4v) is 2.54. The number of aromatic nitrogens is 1. The van der Waals surface area contributed by atoms with Crippen LogP contribution in [0.5, 0.6) is 0 Å². The molecule has 1 atom stereocenters. The lowest BCUT2D eigenvalue weighted by Gasteiger charge is -2.08. The Morgan fingerprint density at radius 1 is 1.33 bits per heavy atom. The molecule has 2 N–H and O–H groups in total. The molecule has 0 fully saturated rings. The van der Waals surface area contributed by atoms with Crippen LogP contribution in [0.3, 0.4) is 0 Å². The first-order valence-corrected chi connectivity index (χ1v) is 7.67. The van der Waals surface area contributed by atoms with Crippen molar-refractivity contribution in [2.24, 2.45) is 0 Å². The third-order valence-corrected chi connectivity index (χ3v) is 3.83. The van der Waals surface area contributed by atoms with Crippen LogP contribution in [0.25, 0.3) is 10.9 Å². The monoisotopic (exact) mass is 288 g/mol. The van der Waals surface area contributed by atoms with E-state index in [-0.39, 0.29) is 12.0 Å². The van der Waals surface area contributed by atoms with E-state index in [1.165, 1.54) is 5.52 Å². The fourth-order valence-electron chi connectivity index (χ4n) is 2.54. The number of aryl methyl sites for hydroxylation is 1. The molecular formula is C17H24N2O2. The van der Waals surface area contributed by atoms with E-state index in [9.17, 15) is 9.90 Å². The molecule has 1 heterocycles. The lowest BCUT2D eigenvalue weighted by atomic mass is 10.1. The number of aliphatic hydroxyl groups excluding tert-OH is 1. The molecule has 1 unspecified atom stereocenters. The Labute approximate surface area is 125 Å². The van der Waals surface area contributed by atoms with E-state index < -0.39 is 0 Å². The van der Waals surface area contributed by atoms with Crippen molar-refractivity contribution in [1.82, 2.24) is 9.88 Å². The minimum atomic E-state index is -0.327. The van der Waals surface area contributed by atoms with E-state index in [1.807, 2.05) is 19.1 Å². The predicted octanol–water partition coefficient (Wildman–Crippen LogP) is 2.48. The Hall–Kier alpha value is -1.81. The van der Waals surface area contributed by atoms with Crippen LogP contribution in [0.15, 0.2) is 30.5 Å². The summed E-state index contributed by atoms with van der Waals surface area (Å²) in [6, 6.07) is 8.16. The number of benzene rings is 1. The molecule has 0 aliphatic carbocycles. The SMILES string of the molecule is CCC(O)CCNC(=O)Cc1cn(CC)c2ccccc12. The summed E-state index contributed by atoms with van der Waals surface area (Å²) in [7, 11) is 0. The first-order valence-electron chi connectivity index (χ1n) is 7.67. The summed E-state index contributed by atoms with van der Waals surface area (Å²) in [5, 5.41) is 13.5. The third-order valence-electron chi connectivity index (χ3n) is 3.83. The summed E-state index contributed by atoms with van der Waals surface area (Å²) >= 11 is 0. The summed E-state index contributed by atoms with van der Waals surface area (Å²) < 4.78 is 2.17. The molecule has 0 bridgehead atoms. The van der Waals surface area contributed by atoms with Gasteiger partial charge in [-0.1, -0.05) is 25.1 Å². The summed E-state index contributed by atoms with van der Waals surface area (Å²) in [5.41, 5.74) is 2.23. The van der Waals surface area contributed by atoms with Crippen LogP contribution in [0.4, 0.5) is 0 Å². The van der Waals surface area contributed by atoms with Gasteiger partial charge >= 0.3 is 0 Å². The zero-order valence-corrected chi connectivity index (χ0v) is 12.8. The number of rotatable bonds is 7. The van der Waals surface area contributed by atoms with E-state index in [1.54, 1.807) is 0 Å². The minimum Gasteiger partial charge on any atom is -0.393 e. The number of para-hydroxylation sites is 1. The van der Waals surface area contributed by atoms with E-state index in [2.05, 4.69) is 35.1 Å². The number of nitrogens with one attached hydrogen (secondary N) is 1. The Morgan fingerprint density at radius 2 is 2.10 bits per heavy atom. The molecule has 2 aromatic rings. The molecule has 1 aromatic heterocycles. The van der Waals surface area contributed by atoms with E-state index in [0.717, 1.165) is 23.9 Å². The molecule has 4 nitrogen and oxygen atoms in total. The largest absolute Gasteiger partial charge is 0.393 e. The van der Waals surface area contributed by atoms with Gasteiger partial charge in [-0.15, -0.1) is 0 Å². The lowest BCUT2D eigenvalue weighted by Crippen LogP contribution is -2.28. The van der Waals surface area contributed by atoms with E-state index in [0.29, 0.717) is 19.4 Å². The normalized spacial score (nSPS) is 12.5. The third kappa shape index (κ3) is 3.85. The Morgan fingerprint density at radius 3 is 2.81 bits per heavy atom. The van der Waals surface area contributed by atoms with Gasteiger partial charge in [0.25, 0.3) is 0 Å². The van der Waals surface area contributed by atoms with Crippen molar-refractivity contribution in [3.63, 3.8) is 0 Å². The second-order valence-corrected chi connectivity index (χ2v) is 5.33. The molecule has 0 spiro atoms. The summed E-state index contributed by atoms with van der Waals surface area (Å²) in [5.74, 6) is 0.0114. The highest BCUT2D eigenvalue weighted by Gasteiger charge is 2.11. The van der Waals surface area contributed by atoms with Crippen LogP contribution in [-0.2, 0) is 17.8 Å². The van der Waals surface area contributed by atoms with E-state index >= 15 is 0 Å². The van der Waals surface area contributed by atoms with Gasteiger partial charge in [0.05, 0.1) is 12.5 Å². The van der Waals surface area contributed by atoms with Crippen LogP contribution in [0.1, 0.15) is 32.3 Å². The van der Waals surface area contributed by atoms with Gasteiger partial charge in [-0.3, -0.25) is 4.79 Å². The van der Waals surface area contributed by atoms with Crippen molar-refractivity contribution in [1.29, 1.82) is 0 Å². The number of fused-ring (bicyclic) bond motifs is 1. The van der Waals surface area contributed by atoms with Crippen LogP contribution >= 0.6 is 0 Å². The molecule has 0 aliphatic heterocycles. The summed E-state index contributed by atoms with van der Waals surface area (Å²) in [6.45, 7) is 5.46. The van der Waals surface area contributed by atoms with Crippen molar-refractivity contribution < 1.29 is 9.90 Å². The first kappa shape index (κ1) is 15.6. The van der Waals surface area contributed by atoms with Gasteiger partial charge in [-0.25, -0.2) is 0 Å². The van der Waals surface area contributed by atoms with Crippen molar-refractivity contribution >= 4 is 16.8 Å². The highest BCUT2D eigenvalue weighted by Crippen LogP contribution is 2.21. The second-order valence-electron chi connectivity index (χ2n) is 5.33. The number of hydrogen-bond acceptors (Lipinski definition) is 2.